The number of hydrogen-bond acceptors (Lipinski definition) is 7. The van der Waals surface area contributed by atoms with Crippen molar-refractivity contribution in [3.63, 3.8) is 0 Å². The van der Waals surface area contributed by atoms with Crippen molar-refractivity contribution in [2.75, 3.05) is 32.2 Å². The van der Waals surface area contributed by atoms with E-state index in [4.69, 9.17) is 10.5 Å². The maximum atomic E-state index is 14.2. The molecule has 0 aliphatic carbocycles. The Bertz CT molecular complexity index is 1070. The van der Waals surface area contributed by atoms with Crippen LogP contribution < -0.4 is 10.5 Å². The van der Waals surface area contributed by atoms with Gasteiger partial charge in [0.05, 0.1) is 18.9 Å². The van der Waals surface area contributed by atoms with Crippen molar-refractivity contribution in [3.8, 4) is 5.75 Å². The van der Waals surface area contributed by atoms with Gasteiger partial charge in [-0.05, 0) is 30.9 Å². The molecule has 1 aliphatic rings. The third-order valence-corrected chi connectivity index (χ3v) is 6.43. The fourth-order valence-corrected chi connectivity index (χ4v) is 4.33. The molecule has 0 saturated carbocycles. The van der Waals surface area contributed by atoms with E-state index in [0.717, 1.165) is 12.1 Å². The van der Waals surface area contributed by atoms with Crippen LogP contribution in [0.3, 0.4) is 0 Å². The zero-order valence-corrected chi connectivity index (χ0v) is 17.4. The molecule has 0 amide bonds. The van der Waals surface area contributed by atoms with Crippen molar-refractivity contribution in [2.45, 2.75) is 19.3 Å². The van der Waals surface area contributed by atoms with E-state index in [9.17, 15) is 22.0 Å². The summed E-state index contributed by atoms with van der Waals surface area (Å²) >= 11 is 0. The van der Waals surface area contributed by atoms with Crippen LogP contribution in [-0.2, 0) is 16.4 Å². The molecule has 1 aliphatic heterocycles. The highest BCUT2D eigenvalue weighted by Crippen LogP contribution is 2.28. The first-order valence-electron chi connectivity index (χ1n) is 9.25. The van der Waals surface area contributed by atoms with Crippen LogP contribution >= 0.6 is 0 Å². The molecule has 1 fully saturated rings. The van der Waals surface area contributed by atoms with E-state index in [1.54, 1.807) is 0 Å². The molecule has 162 valence electrons. The smallest absolute Gasteiger partial charge is 0.211 e. The lowest BCUT2D eigenvalue weighted by Crippen LogP contribution is -2.38. The Labute approximate surface area is 173 Å². The molecular formula is C19H22F2N4O4S. The largest absolute Gasteiger partial charge is 0.496 e. The number of nitrogens with two attached hydrogens (primary N) is 1. The van der Waals surface area contributed by atoms with Crippen LogP contribution in [0.5, 0.6) is 5.75 Å². The molecule has 2 aromatic rings. The number of halogens is 2. The minimum Gasteiger partial charge on any atom is -0.496 e. The zero-order chi connectivity index (χ0) is 22.1. The van der Waals surface area contributed by atoms with Gasteiger partial charge in [-0.2, -0.15) is 0 Å². The number of hydrogen-bond donors (Lipinski definition) is 1. The summed E-state index contributed by atoms with van der Waals surface area (Å²) in [4.78, 5) is 21.0. The maximum Gasteiger partial charge on any atom is 0.211 e. The molecule has 8 nitrogen and oxygen atoms in total. The number of ether oxygens (including phenoxy) is 1. The molecular weight excluding hydrogens is 418 g/mol. The third kappa shape index (κ3) is 4.57. The summed E-state index contributed by atoms with van der Waals surface area (Å²) in [5, 5.41) is 0. The average Bonchev–Trinajstić information content (AvgIpc) is 2.69. The Morgan fingerprint density at radius 1 is 1.30 bits per heavy atom. The summed E-state index contributed by atoms with van der Waals surface area (Å²) < 4.78 is 57.4. The SMILES string of the molecule is COc1ccc(F)c(F)c1C(=O)c1cnc(CC2CCN(S(C)(=O)=O)CC2)nc1N. The molecule has 1 aromatic carbocycles. The lowest BCUT2D eigenvalue weighted by molar-refractivity contribution is 0.103. The van der Waals surface area contributed by atoms with Gasteiger partial charge in [-0.3, -0.25) is 4.79 Å². The molecule has 3 rings (SSSR count). The van der Waals surface area contributed by atoms with E-state index in [2.05, 4.69) is 9.97 Å². The van der Waals surface area contributed by atoms with Gasteiger partial charge in [0, 0.05) is 25.7 Å². The second-order valence-corrected chi connectivity index (χ2v) is 9.14. The molecule has 1 aromatic heterocycles. The monoisotopic (exact) mass is 440 g/mol. The predicted molar refractivity (Wildman–Crippen MR) is 106 cm³/mol. The van der Waals surface area contributed by atoms with Crippen LogP contribution in [0.2, 0.25) is 0 Å². The minimum absolute atomic E-state index is 0.125. The number of sulfonamides is 1. The second-order valence-electron chi connectivity index (χ2n) is 7.16. The normalized spacial score (nSPS) is 15.9. The van der Waals surface area contributed by atoms with Gasteiger partial charge in [0.2, 0.25) is 15.8 Å². The molecule has 0 atom stereocenters. The van der Waals surface area contributed by atoms with E-state index in [1.165, 1.54) is 23.9 Å². The zero-order valence-electron chi connectivity index (χ0n) is 16.6. The van der Waals surface area contributed by atoms with Crippen LogP contribution in [0, 0.1) is 17.6 Å². The first-order chi connectivity index (χ1) is 14.1. The number of benzene rings is 1. The van der Waals surface area contributed by atoms with Gasteiger partial charge in [-0.15, -0.1) is 0 Å². The predicted octanol–water partition coefficient (Wildman–Crippen LogP) is 1.79. The van der Waals surface area contributed by atoms with E-state index in [-0.39, 0.29) is 23.0 Å². The fourth-order valence-electron chi connectivity index (χ4n) is 3.46. The molecule has 11 heteroatoms. The summed E-state index contributed by atoms with van der Waals surface area (Å²) in [7, 11) is -1.97. The van der Waals surface area contributed by atoms with Gasteiger partial charge in [0.1, 0.15) is 23.0 Å². The summed E-state index contributed by atoms with van der Waals surface area (Å²) in [6.45, 7) is 0.850. The molecule has 0 bridgehead atoms. The van der Waals surface area contributed by atoms with Crippen LogP contribution in [-0.4, -0.2) is 54.9 Å². The van der Waals surface area contributed by atoms with Crippen molar-refractivity contribution in [2.24, 2.45) is 5.92 Å². The van der Waals surface area contributed by atoms with E-state index in [0.29, 0.717) is 38.2 Å². The second kappa shape index (κ2) is 8.60. The summed E-state index contributed by atoms with van der Waals surface area (Å²) in [6.07, 6.45) is 4.15. The molecule has 0 spiro atoms. The number of anilines is 1. The number of nitrogen functional groups attached to an aromatic ring is 1. The molecule has 1 saturated heterocycles. The van der Waals surface area contributed by atoms with Gasteiger partial charge in [-0.25, -0.2) is 31.5 Å². The topological polar surface area (TPSA) is 115 Å². The van der Waals surface area contributed by atoms with Crippen molar-refractivity contribution in [3.05, 3.63) is 46.9 Å². The van der Waals surface area contributed by atoms with E-state index in [1.807, 2.05) is 0 Å². The Hall–Kier alpha value is -2.66. The number of nitrogens with zero attached hydrogens (tertiary/aromatic N) is 3. The molecule has 2 N–H and O–H groups in total. The minimum atomic E-state index is -3.21. The molecule has 0 radical (unpaired) electrons. The highest BCUT2D eigenvalue weighted by Gasteiger charge is 2.27. The average molecular weight is 440 g/mol. The standard InChI is InChI=1S/C19H22F2N4O4S/c1-29-14-4-3-13(20)17(21)16(14)18(26)12-10-23-15(24-19(12)22)9-11-5-7-25(8-6-11)30(2,27)28/h3-4,10-11H,5-9H2,1-2H3,(H2,22,23,24). The summed E-state index contributed by atoms with van der Waals surface area (Å²) in [6, 6.07) is 2.02. The number of carbonyl (C=O) groups excluding carboxylic acids is 1. The van der Waals surface area contributed by atoms with E-state index >= 15 is 0 Å². The lowest BCUT2D eigenvalue weighted by Gasteiger charge is -2.29. The first-order valence-corrected chi connectivity index (χ1v) is 11.1. The maximum absolute atomic E-state index is 14.2. The van der Waals surface area contributed by atoms with Crippen LogP contribution in [0.15, 0.2) is 18.3 Å². The number of ketones is 1. The quantitative estimate of drug-likeness (QED) is 0.681. The van der Waals surface area contributed by atoms with Crippen LogP contribution in [0.4, 0.5) is 14.6 Å². The molecule has 2 heterocycles. The number of carbonyl (C=O) groups is 1. The highest BCUT2D eigenvalue weighted by molar-refractivity contribution is 7.88. The Morgan fingerprint density at radius 2 is 1.97 bits per heavy atom. The van der Waals surface area contributed by atoms with Gasteiger partial charge in [0.15, 0.2) is 11.6 Å². The Balaban J connectivity index is 1.77. The van der Waals surface area contributed by atoms with Crippen LogP contribution in [0.25, 0.3) is 0 Å². The Kier molecular flexibility index (Phi) is 6.32. The molecule has 0 unspecified atom stereocenters. The van der Waals surface area contributed by atoms with Gasteiger partial charge in [-0.1, -0.05) is 0 Å². The summed E-state index contributed by atoms with van der Waals surface area (Å²) in [5.74, 6) is -3.10. The van der Waals surface area contributed by atoms with Gasteiger partial charge < -0.3 is 10.5 Å². The summed E-state index contributed by atoms with van der Waals surface area (Å²) in [5.41, 5.74) is 5.17. The number of aromatic nitrogens is 2. The van der Waals surface area contributed by atoms with Crippen molar-refractivity contribution in [1.29, 1.82) is 0 Å². The van der Waals surface area contributed by atoms with Gasteiger partial charge >= 0.3 is 0 Å². The third-order valence-electron chi connectivity index (χ3n) is 5.13. The van der Waals surface area contributed by atoms with Gasteiger partial charge in [0.25, 0.3) is 0 Å². The Morgan fingerprint density at radius 3 is 2.53 bits per heavy atom. The fraction of sp³-hybridized carbons (Fsp3) is 0.421. The van der Waals surface area contributed by atoms with Crippen molar-refractivity contribution < 1.29 is 26.7 Å². The van der Waals surface area contributed by atoms with Crippen molar-refractivity contribution in [1.82, 2.24) is 14.3 Å². The number of rotatable bonds is 6. The van der Waals surface area contributed by atoms with Crippen LogP contribution in [0.1, 0.15) is 34.6 Å². The van der Waals surface area contributed by atoms with E-state index < -0.39 is 33.0 Å². The molecule has 30 heavy (non-hydrogen) atoms. The van der Waals surface area contributed by atoms with Crippen molar-refractivity contribution >= 4 is 21.6 Å². The number of piperidine rings is 1. The number of methoxy groups -OCH3 is 1. The highest BCUT2D eigenvalue weighted by atomic mass is 32.2. The lowest BCUT2D eigenvalue weighted by atomic mass is 9.94. The first kappa shape index (κ1) is 22.0.